The summed E-state index contributed by atoms with van der Waals surface area (Å²) in [6, 6.07) is 4.64. The van der Waals surface area contributed by atoms with Crippen LogP contribution in [0.2, 0.25) is 0 Å². The van der Waals surface area contributed by atoms with Gasteiger partial charge in [-0.1, -0.05) is 25.5 Å². The first-order valence-corrected chi connectivity index (χ1v) is 14.6. The van der Waals surface area contributed by atoms with Gasteiger partial charge in [0.25, 0.3) is 10.1 Å². The summed E-state index contributed by atoms with van der Waals surface area (Å²) >= 11 is 0. The zero-order valence-electron chi connectivity index (χ0n) is 21.6. The van der Waals surface area contributed by atoms with Gasteiger partial charge in [0.1, 0.15) is 5.60 Å². The molecule has 1 aromatic carbocycles. The Kier molecular flexibility index (Phi) is 6.49. The average Bonchev–Trinajstić information content (AvgIpc) is 3.13. The molecule has 0 radical (unpaired) electrons. The predicted octanol–water partition coefficient (Wildman–Crippen LogP) is 2.89. The number of hydrogen-bond acceptors (Lipinski definition) is 8. The van der Waals surface area contributed by atoms with Crippen LogP contribution in [-0.4, -0.2) is 59.0 Å². The Morgan fingerprint density at radius 1 is 1.13 bits per heavy atom. The van der Waals surface area contributed by atoms with E-state index in [0.717, 1.165) is 30.5 Å². The summed E-state index contributed by atoms with van der Waals surface area (Å²) in [6.45, 7) is 3.28. The van der Waals surface area contributed by atoms with Gasteiger partial charge in [-0.3, -0.25) is 14.1 Å². The molecule has 206 valence electrons. The fraction of sp³-hybridized carbons (Fsp3) is 0.607. The van der Waals surface area contributed by atoms with Crippen LogP contribution in [0.15, 0.2) is 40.8 Å². The molecule has 3 N–H and O–H groups in total. The van der Waals surface area contributed by atoms with E-state index in [1.165, 1.54) is 12.1 Å². The molecule has 10 heteroatoms. The maximum absolute atomic E-state index is 13.4. The van der Waals surface area contributed by atoms with Crippen molar-refractivity contribution in [3.05, 3.63) is 41.5 Å². The fourth-order valence-electron chi connectivity index (χ4n) is 8.27. The molecular weight excluding hydrogens is 512 g/mol. The van der Waals surface area contributed by atoms with E-state index in [2.05, 4.69) is 6.92 Å². The molecule has 5 rings (SSSR count). The summed E-state index contributed by atoms with van der Waals surface area (Å²) in [5, 5.41) is 23.2. The first-order chi connectivity index (χ1) is 17.7. The second-order valence-corrected chi connectivity index (χ2v) is 13.4. The van der Waals surface area contributed by atoms with E-state index in [-0.39, 0.29) is 47.4 Å². The van der Waals surface area contributed by atoms with Crippen molar-refractivity contribution in [3.63, 3.8) is 0 Å². The first-order valence-electron chi connectivity index (χ1n) is 13.1. The molecule has 4 aliphatic carbocycles. The molecule has 0 spiro atoms. The fourth-order valence-corrected chi connectivity index (χ4v) is 8.79. The molecule has 0 amide bonds. The molecule has 4 aliphatic rings. The van der Waals surface area contributed by atoms with E-state index in [9.17, 15) is 37.6 Å². The lowest BCUT2D eigenvalue weighted by atomic mass is 9.45. The molecule has 0 saturated heterocycles. The lowest BCUT2D eigenvalue weighted by molar-refractivity contribution is -0.182. The third-order valence-corrected chi connectivity index (χ3v) is 11.1. The molecule has 38 heavy (non-hydrogen) atoms. The number of rotatable bonds is 5. The molecule has 9 nitrogen and oxygen atoms in total. The van der Waals surface area contributed by atoms with Gasteiger partial charge in [-0.2, -0.15) is 8.42 Å². The Hall–Kier alpha value is -2.40. The molecule has 0 aliphatic heterocycles. The number of fused-ring (bicyclic) bond motifs is 5. The van der Waals surface area contributed by atoms with Gasteiger partial charge in [0.2, 0.25) is 5.78 Å². The quantitative estimate of drug-likeness (QED) is 0.373. The highest BCUT2D eigenvalue weighted by Gasteiger charge is 2.68. The number of ketones is 2. The third kappa shape index (κ3) is 4.08. The van der Waals surface area contributed by atoms with E-state index in [0.29, 0.717) is 19.3 Å². The number of hydrogen-bond donors (Lipinski definition) is 3. The standard InChI is InChI=1S/C28H34O9S/c1-26-10-8-18(29)13-17(26)6-7-20-21-9-11-28(33,27(21,2)14-22(30)24(20)26)23(31)15-37-25(32)16-4-3-5-19(12-16)38(34,35)36/h3-5,12-13,20-22,24,30,33H,6-11,14-15H2,1-2H3,(H,34,35,36). The molecule has 3 fully saturated rings. The maximum Gasteiger partial charge on any atom is 0.338 e. The summed E-state index contributed by atoms with van der Waals surface area (Å²) in [5.41, 5.74) is -2.04. The predicted molar refractivity (Wildman–Crippen MR) is 135 cm³/mol. The minimum absolute atomic E-state index is 0.0111. The van der Waals surface area contributed by atoms with E-state index in [4.69, 9.17) is 4.74 Å². The van der Waals surface area contributed by atoms with Gasteiger partial charge < -0.3 is 14.9 Å². The van der Waals surface area contributed by atoms with Gasteiger partial charge in [0.15, 0.2) is 12.4 Å². The molecule has 3 saturated carbocycles. The molecular formula is C28H34O9S. The summed E-state index contributed by atoms with van der Waals surface area (Å²) in [6.07, 6.45) is 4.70. The van der Waals surface area contributed by atoms with Gasteiger partial charge in [0.05, 0.1) is 16.6 Å². The van der Waals surface area contributed by atoms with E-state index < -0.39 is 50.5 Å². The van der Waals surface area contributed by atoms with Gasteiger partial charge in [-0.05, 0) is 86.0 Å². The lowest BCUT2D eigenvalue weighted by Gasteiger charge is -2.60. The van der Waals surface area contributed by atoms with Crippen molar-refractivity contribution in [2.24, 2.45) is 28.6 Å². The molecule has 7 unspecified atom stereocenters. The number of benzene rings is 1. The molecule has 1 aromatic rings. The summed E-state index contributed by atoms with van der Waals surface area (Å²) in [7, 11) is -4.52. The van der Waals surface area contributed by atoms with Crippen molar-refractivity contribution in [1.29, 1.82) is 0 Å². The van der Waals surface area contributed by atoms with Gasteiger partial charge >= 0.3 is 5.97 Å². The zero-order valence-corrected chi connectivity index (χ0v) is 22.4. The van der Waals surface area contributed by atoms with Gasteiger partial charge in [0, 0.05) is 11.8 Å². The monoisotopic (exact) mass is 546 g/mol. The van der Waals surface area contributed by atoms with Crippen LogP contribution in [0.4, 0.5) is 0 Å². The van der Waals surface area contributed by atoms with Crippen LogP contribution in [0.25, 0.3) is 0 Å². The zero-order chi connectivity index (χ0) is 27.7. The normalized spacial score (nSPS) is 38.4. The van der Waals surface area contributed by atoms with Crippen LogP contribution in [0.5, 0.6) is 0 Å². The Bertz CT molecular complexity index is 1330. The highest BCUT2D eigenvalue weighted by atomic mass is 32.2. The van der Waals surface area contributed by atoms with Crippen LogP contribution in [-0.2, 0) is 24.4 Å². The van der Waals surface area contributed by atoms with Gasteiger partial charge in [-0.15, -0.1) is 0 Å². The number of esters is 1. The minimum atomic E-state index is -4.52. The second kappa shape index (κ2) is 9.08. The van der Waals surface area contributed by atoms with Crippen molar-refractivity contribution < 1.29 is 42.3 Å². The van der Waals surface area contributed by atoms with Crippen molar-refractivity contribution in [2.45, 2.75) is 75.4 Å². The highest BCUT2D eigenvalue weighted by molar-refractivity contribution is 7.85. The topological polar surface area (TPSA) is 155 Å². The van der Waals surface area contributed by atoms with Crippen molar-refractivity contribution in [2.75, 3.05) is 6.61 Å². The van der Waals surface area contributed by atoms with Crippen LogP contribution >= 0.6 is 0 Å². The second-order valence-electron chi connectivity index (χ2n) is 12.0. The number of carbonyl (C=O) groups is 3. The Morgan fingerprint density at radius 2 is 1.87 bits per heavy atom. The van der Waals surface area contributed by atoms with Crippen molar-refractivity contribution >= 4 is 27.7 Å². The molecule has 0 bridgehead atoms. The van der Waals surface area contributed by atoms with E-state index >= 15 is 0 Å². The molecule has 0 heterocycles. The van der Waals surface area contributed by atoms with Crippen LogP contribution in [0.1, 0.15) is 69.2 Å². The SMILES string of the molecule is CC12CCC(=O)C=C1CCC1C2C(O)CC2(C)C1CCC2(O)C(=O)COC(=O)c1cccc(S(=O)(=O)O)c1. The Morgan fingerprint density at radius 3 is 2.58 bits per heavy atom. The number of ether oxygens (including phenoxy) is 1. The molecule has 7 atom stereocenters. The lowest BCUT2D eigenvalue weighted by Crippen LogP contribution is -2.62. The minimum Gasteiger partial charge on any atom is -0.454 e. The number of carbonyl (C=O) groups excluding carboxylic acids is 3. The van der Waals surface area contributed by atoms with Gasteiger partial charge in [-0.25, -0.2) is 4.79 Å². The third-order valence-electron chi connectivity index (χ3n) is 10.2. The maximum atomic E-state index is 13.4. The smallest absolute Gasteiger partial charge is 0.338 e. The van der Waals surface area contributed by atoms with Crippen LogP contribution in [0, 0.1) is 28.6 Å². The Balaban J connectivity index is 1.34. The summed E-state index contributed by atoms with van der Waals surface area (Å²) < 4.78 is 37.1. The van der Waals surface area contributed by atoms with Crippen LogP contribution in [0.3, 0.4) is 0 Å². The summed E-state index contributed by atoms with van der Waals surface area (Å²) in [5.74, 6) is -1.46. The average molecular weight is 547 g/mol. The number of Topliss-reactive ketones (excluding diaryl/α,β-unsaturated/α-hetero) is 1. The van der Waals surface area contributed by atoms with Crippen LogP contribution < -0.4 is 0 Å². The largest absolute Gasteiger partial charge is 0.454 e. The van der Waals surface area contributed by atoms with Crippen molar-refractivity contribution in [1.82, 2.24) is 0 Å². The Labute approximate surface area is 222 Å². The molecule has 0 aromatic heterocycles. The first kappa shape index (κ1) is 27.2. The van der Waals surface area contributed by atoms with E-state index in [1.807, 2.05) is 6.92 Å². The van der Waals surface area contributed by atoms with E-state index in [1.54, 1.807) is 6.08 Å². The summed E-state index contributed by atoms with van der Waals surface area (Å²) in [4.78, 5) is 37.5. The highest BCUT2D eigenvalue weighted by Crippen LogP contribution is 2.67. The number of allylic oxidation sites excluding steroid dienone is 1. The van der Waals surface area contributed by atoms with Crippen molar-refractivity contribution in [3.8, 4) is 0 Å². The number of aliphatic hydroxyl groups excluding tert-OH is 1. The number of aliphatic hydroxyl groups is 2.